The number of hydrogen-bond acceptors (Lipinski definition) is 5. The molecule has 0 saturated heterocycles. The topological polar surface area (TPSA) is 104 Å². The lowest BCUT2D eigenvalue weighted by molar-refractivity contribution is 0.0998. The highest BCUT2D eigenvalue weighted by Gasteiger charge is 2.12. The Morgan fingerprint density at radius 2 is 1.94 bits per heavy atom. The summed E-state index contributed by atoms with van der Waals surface area (Å²) in [6, 6.07) is 6.65. The Bertz CT molecular complexity index is 572. The molecule has 0 unspecified atom stereocenters. The molecule has 1 aromatic carbocycles. The molecular weight excluding hydrogens is 232 g/mol. The monoisotopic (exact) mass is 244 g/mol. The maximum Gasteiger partial charge on any atom is 0.252 e. The van der Waals surface area contributed by atoms with E-state index in [9.17, 15) is 4.79 Å². The van der Waals surface area contributed by atoms with Crippen molar-refractivity contribution in [2.75, 3.05) is 0 Å². The van der Waals surface area contributed by atoms with E-state index in [2.05, 4.69) is 9.97 Å². The van der Waals surface area contributed by atoms with Gasteiger partial charge in [-0.3, -0.25) is 9.78 Å². The predicted octanol–water partition coefficient (Wildman–Crippen LogP) is 0.827. The van der Waals surface area contributed by atoms with Gasteiger partial charge < -0.3 is 16.2 Å². The van der Waals surface area contributed by atoms with Crippen molar-refractivity contribution in [2.45, 2.75) is 6.54 Å². The Balaban J connectivity index is 2.37. The molecule has 1 aromatic heterocycles. The SMILES string of the molecule is NCc1nccnc1Oc1ccccc1C(N)=O. The molecule has 1 amide bonds. The molecule has 4 N–H and O–H groups in total. The number of hydrogen-bond donors (Lipinski definition) is 2. The van der Waals surface area contributed by atoms with Crippen LogP contribution in [0.25, 0.3) is 0 Å². The van der Waals surface area contributed by atoms with Gasteiger partial charge in [0, 0.05) is 18.9 Å². The molecule has 0 aliphatic heterocycles. The number of carbonyl (C=O) groups is 1. The lowest BCUT2D eigenvalue weighted by Gasteiger charge is -2.09. The first-order valence-corrected chi connectivity index (χ1v) is 5.29. The molecule has 6 nitrogen and oxygen atoms in total. The molecule has 0 fully saturated rings. The molecule has 0 atom stereocenters. The quantitative estimate of drug-likeness (QED) is 0.828. The van der Waals surface area contributed by atoms with Gasteiger partial charge in [-0.05, 0) is 12.1 Å². The molecule has 0 radical (unpaired) electrons. The molecule has 1 heterocycles. The van der Waals surface area contributed by atoms with Gasteiger partial charge in [-0.15, -0.1) is 0 Å². The van der Waals surface area contributed by atoms with E-state index in [1.165, 1.54) is 12.4 Å². The first-order valence-electron chi connectivity index (χ1n) is 5.29. The van der Waals surface area contributed by atoms with E-state index in [1.54, 1.807) is 24.3 Å². The third-order valence-corrected chi connectivity index (χ3v) is 2.29. The van der Waals surface area contributed by atoms with E-state index in [4.69, 9.17) is 16.2 Å². The number of primary amides is 1. The fraction of sp³-hybridized carbons (Fsp3) is 0.0833. The van der Waals surface area contributed by atoms with Crippen LogP contribution >= 0.6 is 0 Å². The molecule has 0 spiro atoms. The van der Waals surface area contributed by atoms with Gasteiger partial charge in [0.15, 0.2) is 0 Å². The number of rotatable bonds is 4. The number of para-hydroxylation sites is 1. The summed E-state index contributed by atoms with van der Waals surface area (Å²) < 4.78 is 5.54. The average molecular weight is 244 g/mol. The summed E-state index contributed by atoms with van der Waals surface area (Å²) in [7, 11) is 0. The highest BCUT2D eigenvalue weighted by Crippen LogP contribution is 2.24. The van der Waals surface area contributed by atoms with Gasteiger partial charge >= 0.3 is 0 Å². The van der Waals surface area contributed by atoms with Crippen LogP contribution < -0.4 is 16.2 Å². The molecule has 0 saturated carbocycles. The van der Waals surface area contributed by atoms with Gasteiger partial charge in [0.25, 0.3) is 5.91 Å². The van der Waals surface area contributed by atoms with E-state index < -0.39 is 5.91 Å². The lowest BCUT2D eigenvalue weighted by Crippen LogP contribution is -2.12. The van der Waals surface area contributed by atoms with Gasteiger partial charge in [-0.25, -0.2) is 4.98 Å². The average Bonchev–Trinajstić information content (AvgIpc) is 2.40. The maximum absolute atomic E-state index is 11.2. The number of benzene rings is 1. The summed E-state index contributed by atoms with van der Waals surface area (Å²) in [5, 5.41) is 0. The number of amides is 1. The molecule has 2 aromatic rings. The maximum atomic E-state index is 11.2. The predicted molar refractivity (Wildman–Crippen MR) is 65.0 cm³/mol. The highest BCUT2D eigenvalue weighted by molar-refractivity contribution is 5.95. The fourth-order valence-corrected chi connectivity index (χ4v) is 1.44. The third kappa shape index (κ3) is 2.44. The normalized spacial score (nSPS) is 10.1. The van der Waals surface area contributed by atoms with Crippen LogP contribution in [0.3, 0.4) is 0 Å². The number of aromatic nitrogens is 2. The van der Waals surface area contributed by atoms with Crippen molar-refractivity contribution < 1.29 is 9.53 Å². The molecule has 0 aliphatic carbocycles. The van der Waals surface area contributed by atoms with Crippen molar-refractivity contribution in [1.29, 1.82) is 0 Å². The minimum Gasteiger partial charge on any atom is -0.436 e. The van der Waals surface area contributed by atoms with Crippen molar-refractivity contribution in [3.63, 3.8) is 0 Å². The van der Waals surface area contributed by atoms with Gasteiger partial charge in [-0.2, -0.15) is 0 Å². The zero-order chi connectivity index (χ0) is 13.0. The standard InChI is InChI=1S/C12H12N4O2/c13-7-9-12(16-6-5-15-9)18-10-4-2-1-3-8(10)11(14)17/h1-6H,7,13H2,(H2,14,17). The zero-order valence-corrected chi connectivity index (χ0v) is 9.54. The molecule has 6 heteroatoms. The molecule has 0 bridgehead atoms. The molecule has 2 rings (SSSR count). The van der Waals surface area contributed by atoms with Crippen molar-refractivity contribution in [3.8, 4) is 11.6 Å². The Morgan fingerprint density at radius 1 is 1.22 bits per heavy atom. The second-order valence-corrected chi connectivity index (χ2v) is 3.47. The minimum atomic E-state index is -0.566. The van der Waals surface area contributed by atoms with E-state index in [0.29, 0.717) is 11.4 Å². The van der Waals surface area contributed by atoms with Crippen LogP contribution in [0.5, 0.6) is 11.6 Å². The van der Waals surface area contributed by atoms with Crippen LogP contribution in [0, 0.1) is 0 Å². The summed E-state index contributed by atoms with van der Waals surface area (Å²) in [5.41, 5.74) is 11.6. The smallest absolute Gasteiger partial charge is 0.252 e. The Hall–Kier alpha value is -2.47. The molecule has 92 valence electrons. The fourth-order valence-electron chi connectivity index (χ4n) is 1.44. The zero-order valence-electron chi connectivity index (χ0n) is 9.54. The summed E-state index contributed by atoms with van der Waals surface area (Å²) in [4.78, 5) is 19.3. The van der Waals surface area contributed by atoms with Gasteiger partial charge in [0.1, 0.15) is 11.4 Å². The molecule has 18 heavy (non-hydrogen) atoms. The van der Waals surface area contributed by atoms with Crippen molar-refractivity contribution in [3.05, 3.63) is 47.9 Å². The van der Waals surface area contributed by atoms with Crippen LogP contribution in [-0.2, 0) is 6.54 Å². The highest BCUT2D eigenvalue weighted by atomic mass is 16.5. The van der Waals surface area contributed by atoms with E-state index in [1.807, 2.05) is 0 Å². The van der Waals surface area contributed by atoms with Gasteiger partial charge in [0.2, 0.25) is 5.88 Å². The van der Waals surface area contributed by atoms with Crippen LogP contribution in [0.2, 0.25) is 0 Å². The summed E-state index contributed by atoms with van der Waals surface area (Å²) in [6.45, 7) is 0.196. The van der Waals surface area contributed by atoms with E-state index >= 15 is 0 Å². The van der Waals surface area contributed by atoms with Crippen LogP contribution in [0.1, 0.15) is 16.1 Å². The van der Waals surface area contributed by atoms with E-state index in [-0.39, 0.29) is 18.0 Å². The van der Waals surface area contributed by atoms with Crippen LogP contribution in [-0.4, -0.2) is 15.9 Å². The summed E-state index contributed by atoms with van der Waals surface area (Å²) >= 11 is 0. The van der Waals surface area contributed by atoms with Gasteiger partial charge in [0.05, 0.1) is 5.56 Å². The Labute approximate surface area is 104 Å². The Morgan fingerprint density at radius 3 is 2.67 bits per heavy atom. The second kappa shape index (κ2) is 5.24. The van der Waals surface area contributed by atoms with Crippen LogP contribution in [0.15, 0.2) is 36.7 Å². The van der Waals surface area contributed by atoms with Crippen molar-refractivity contribution in [2.24, 2.45) is 11.5 Å². The third-order valence-electron chi connectivity index (χ3n) is 2.29. The number of ether oxygens (including phenoxy) is 1. The second-order valence-electron chi connectivity index (χ2n) is 3.47. The van der Waals surface area contributed by atoms with Crippen molar-refractivity contribution >= 4 is 5.91 Å². The van der Waals surface area contributed by atoms with Crippen LogP contribution in [0.4, 0.5) is 0 Å². The number of nitrogens with two attached hydrogens (primary N) is 2. The first-order chi connectivity index (χ1) is 8.72. The van der Waals surface area contributed by atoms with E-state index in [0.717, 1.165) is 0 Å². The summed E-state index contributed by atoms with van der Waals surface area (Å²) in [6.07, 6.45) is 3.01. The largest absolute Gasteiger partial charge is 0.436 e. The summed E-state index contributed by atoms with van der Waals surface area (Å²) in [5.74, 6) is 0.0395. The number of nitrogens with zero attached hydrogens (tertiary/aromatic N) is 2. The Kier molecular flexibility index (Phi) is 3.49. The number of carbonyl (C=O) groups excluding carboxylic acids is 1. The molecular formula is C12H12N4O2. The molecule has 0 aliphatic rings. The first kappa shape index (κ1) is 12.0. The minimum absolute atomic E-state index is 0.196. The van der Waals surface area contributed by atoms with Gasteiger partial charge in [-0.1, -0.05) is 12.1 Å². The lowest BCUT2D eigenvalue weighted by atomic mass is 10.2. The van der Waals surface area contributed by atoms with Crippen molar-refractivity contribution in [1.82, 2.24) is 9.97 Å².